The fourth-order valence-corrected chi connectivity index (χ4v) is 2.33. The van der Waals surface area contributed by atoms with Crippen LogP contribution < -0.4 is 0 Å². The first-order chi connectivity index (χ1) is 10.8. The number of aromatic nitrogens is 2. The van der Waals surface area contributed by atoms with E-state index in [9.17, 15) is 0 Å². The predicted molar refractivity (Wildman–Crippen MR) is 93.2 cm³/mol. The Kier molecular flexibility index (Phi) is 6.32. The minimum atomic E-state index is 0. The second-order valence-corrected chi connectivity index (χ2v) is 5.16. The molecular weight excluding hydrogens is 310 g/mol. The van der Waals surface area contributed by atoms with Gasteiger partial charge >= 0.3 is 0 Å². The van der Waals surface area contributed by atoms with Gasteiger partial charge in [-0.1, -0.05) is 55.5 Å². The van der Waals surface area contributed by atoms with E-state index in [0.29, 0.717) is 18.3 Å². The molecule has 4 nitrogen and oxygen atoms in total. The van der Waals surface area contributed by atoms with E-state index < -0.39 is 0 Å². The van der Waals surface area contributed by atoms with Crippen molar-refractivity contribution in [1.82, 2.24) is 15.1 Å². The highest BCUT2D eigenvalue weighted by molar-refractivity contribution is 5.85. The summed E-state index contributed by atoms with van der Waals surface area (Å²) in [6.45, 7) is 4.60. The van der Waals surface area contributed by atoms with Crippen LogP contribution in [0, 0.1) is 0 Å². The maximum Gasteiger partial charge on any atom is 0.247 e. The Morgan fingerprint density at radius 2 is 1.52 bits per heavy atom. The standard InChI is InChI=1S/C18H19N3O.ClH/c1-2-21(13-15-9-5-3-6-10-15)14-17-19-20-18(22-17)16-11-7-4-8-12-16;/h3-12H,2,13-14H2,1H3;1H. The Balaban J connectivity index is 0.00000192. The topological polar surface area (TPSA) is 42.2 Å². The second kappa shape index (κ2) is 8.46. The molecule has 0 fully saturated rings. The number of benzene rings is 2. The van der Waals surface area contributed by atoms with Gasteiger partial charge in [-0.05, 0) is 24.2 Å². The van der Waals surface area contributed by atoms with E-state index in [1.165, 1.54) is 5.56 Å². The lowest BCUT2D eigenvalue weighted by Gasteiger charge is -2.18. The van der Waals surface area contributed by atoms with Gasteiger partial charge in [0.25, 0.3) is 0 Å². The maximum absolute atomic E-state index is 5.78. The SMILES string of the molecule is CCN(Cc1ccccc1)Cc1nnc(-c2ccccc2)o1.Cl. The molecule has 2 aromatic carbocycles. The lowest BCUT2D eigenvalue weighted by atomic mass is 10.2. The number of hydrogen-bond acceptors (Lipinski definition) is 4. The Bertz CT molecular complexity index is 701. The monoisotopic (exact) mass is 329 g/mol. The van der Waals surface area contributed by atoms with E-state index in [2.05, 4.69) is 46.3 Å². The van der Waals surface area contributed by atoms with E-state index in [-0.39, 0.29) is 12.4 Å². The third-order valence-corrected chi connectivity index (χ3v) is 3.54. The van der Waals surface area contributed by atoms with Crippen molar-refractivity contribution in [2.75, 3.05) is 6.54 Å². The lowest BCUT2D eigenvalue weighted by Crippen LogP contribution is -2.22. The van der Waals surface area contributed by atoms with Crippen LogP contribution in [0.15, 0.2) is 65.1 Å². The summed E-state index contributed by atoms with van der Waals surface area (Å²) in [7, 11) is 0. The van der Waals surface area contributed by atoms with Crippen molar-refractivity contribution in [3.8, 4) is 11.5 Å². The normalized spacial score (nSPS) is 10.5. The lowest BCUT2D eigenvalue weighted by molar-refractivity contribution is 0.243. The molecule has 0 aliphatic heterocycles. The first-order valence-electron chi connectivity index (χ1n) is 7.49. The van der Waals surface area contributed by atoms with Crippen LogP contribution in [0.5, 0.6) is 0 Å². The van der Waals surface area contributed by atoms with E-state index in [0.717, 1.165) is 18.7 Å². The Labute approximate surface area is 142 Å². The van der Waals surface area contributed by atoms with Gasteiger partial charge in [-0.2, -0.15) is 0 Å². The predicted octanol–water partition coefficient (Wildman–Crippen LogP) is 4.18. The molecule has 120 valence electrons. The van der Waals surface area contributed by atoms with Crippen LogP contribution in [-0.2, 0) is 13.1 Å². The van der Waals surface area contributed by atoms with Gasteiger partial charge in [-0.25, -0.2) is 0 Å². The van der Waals surface area contributed by atoms with Crippen molar-refractivity contribution in [2.45, 2.75) is 20.0 Å². The summed E-state index contributed by atoms with van der Waals surface area (Å²) in [6.07, 6.45) is 0. The highest BCUT2D eigenvalue weighted by Crippen LogP contribution is 2.18. The van der Waals surface area contributed by atoms with Crippen LogP contribution in [-0.4, -0.2) is 21.6 Å². The van der Waals surface area contributed by atoms with E-state index in [4.69, 9.17) is 4.42 Å². The first kappa shape index (κ1) is 17.2. The quantitative estimate of drug-likeness (QED) is 0.680. The van der Waals surface area contributed by atoms with E-state index in [1.807, 2.05) is 36.4 Å². The molecule has 0 amide bonds. The zero-order valence-corrected chi connectivity index (χ0v) is 13.9. The average molecular weight is 330 g/mol. The molecule has 23 heavy (non-hydrogen) atoms. The van der Waals surface area contributed by atoms with Crippen LogP contribution in [0.3, 0.4) is 0 Å². The number of hydrogen-bond donors (Lipinski definition) is 0. The van der Waals surface area contributed by atoms with E-state index >= 15 is 0 Å². The zero-order valence-electron chi connectivity index (χ0n) is 13.1. The molecule has 0 N–H and O–H groups in total. The largest absolute Gasteiger partial charge is 0.419 e. The van der Waals surface area contributed by atoms with Gasteiger partial charge in [0, 0.05) is 12.1 Å². The highest BCUT2D eigenvalue weighted by atomic mass is 35.5. The summed E-state index contributed by atoms with van der Waals surface area (Å²) in [5.74, 6) is 1.22. The molecule has 0 radical (unpaired) electrons. The van der Waals surface area contributed by atoms with Crippen LogP contribution in [0.25, 0.3) is 11.5 Å². The van der Waals surface area contributed by atoms with Crippen LogP contribution >= 0.6 is 12.4 Å². The van der Waals surface area contributed by atoms with Gasteiger partial charge in [0.05, 0.1) is 6.54 Å². The summed E-state index contributed by atoms with van der Waals surface area (Å²) >= 11 is 0. The zero-order chi connectivity index (χ0) is 15.2. The van der Waals surface area contributed by atoms with Gasteiger partial charge in [-0.15, -0.1) is 22.6 Å². The summed E-state index contributed by atoms with van der Waals surface area (Å²) in [6, 6.07) is 20.3. The minimum Gasteiger partial charge on any atom is -0.419 e. The smallest absolute Gasteiger partial charge is 0.247 e. The van der Waals surface area contributed by atoms with Crippen molar-refractivity contribution in [1.29, 1.82) is 0 Å². The molecule has 5 heteroatoms. The Hall–Kier alpha value is -2.17. The molecule has 0 atom stereocenters. The van der Waals surface area contributed by atoms with Crippen molar-refractivity contribution in [3.05, 3.63) is 72.1 Å². The first-order valence-corrected chi connectivity index (χ1v) is 7.49. The third-order valence-electron chi connectivity index (χ3n) is 3.54. The summed E-state index contributed by atoms with van der Waals surface area (Å²) < 4.78 is 5.78. The molecule has 1 heterocycles. The van der Waals surface area contributed by atoms with Crippen LogP contribution in [0.1, 0.15) is 18.4 Å². The van der Waals surface area contributed by atoms with Gasteiger partial charge in [-0.3, -0.25) is 4.90 Å². The summed E-state index contributed by atoms with van der Waals surface area (Å²) in [4.78, 5) is 2.28. The van der Waals surface area contributed by atoms with Crippen LogP contribution in [0.2, 0.25) is 0 Å². The molecule has 0 aliphatic carbocycles. The van der Waals surface area contributed by atoms with E-state index in [1.54, 1.807) is 0 Å². The number of nitrogens with zero attached hydrogens (tertiary/aromatic N) is 3. The summed E-state index contributed by atoms with van der Waals surface area (Å²) in [5.41, 5.74) is 2.24. The second-order valence-electron chi connectivity index (χ2n) is 5.16. The fraction of sp³-hybridized carbons (Fsp3) is 0.222. The molecule has 0 unspecified atom stereocenters. The third kappa shape index (κ3) is 4.65. The molecule has 0 saturated heterocycles. The van der Waals surface area contributed by atoms with Crippen molar-refractivity contribution < 1.29 is 4.42 Å². The van der Waals surface area contributed by atoms with Crippen molar-refractivity contribution >= 4 is 12.4 Å². The van der Waals surface area contributed by atoms with Gasteiger partial charge in [0.15, 0.2) is 0 Å². The molecule has 3 aromatic rings. The average Bonchev–Trinajstić information content (AvgIpc) is 3.04. The highest BCUT2D eigenvalue weighted by Gasteiger charge is 2.12. The molecule has 0 spiro atoms. The Morgan fingerprint density at radius 1 is 0.870 bits per heavy atom. The maximum atomic E-state index is 5.78. The molecular formula is C18H20ClN3O. The van der Waals surface area contributed by atoms with Crippen molar-refractivity contribution in [3.63, 3.8) is 0 Å². The molecule has 0 aliphatic rings. The number of halogens is 1. The Morgan fingerprint density at radius 3 is 2.17 bits per heavy atom. The minimum absolute atomic E-state index is 0. The van der Waals surface area contributed by atoms with Gasteiger partial charge in [0.2, 0.25) is 11.8 Å². The van der Waals surface area contributed by atoms with Crippen LogP contribution in [0.4, 0.5) is 0 Å². The summed E-state index contributed by atoms with van der Waals surface area (Å²) in [5, 5.41) is 8.30. The molecule has 0 bridgehead atoms. The number of rotatable bonds is 6. The van der Waals surface area contributed by atoms with Gasteiger partial charge < -0.3 is 4.42 Å². The fourth-order valence-electron chi connectivity index (χ4n) is 2.33. The molecule has 1 aromatic heterocycles. The molecule has 3 rings (SSSR count). The molecule has 0 saturated carbocycles. The van der Waals surface area contributed by atoms with Crippen molar-refractivity contribution in [2.24, 2.45) is 0 Å². The van der Waals surface area contributed by atoms with Gasteiger partial charge in [0.1, 0.15) is 0 Å².